The molecule has 3 heteroatoms. The SMILES string of the molecule is C[C@@H]1C=C(OC(F)F)C=C[C@@H]1C. The molecule has 0 fully saturated rings. The van der Waals surface area contributed by atoms with Gasteiger partial charge in [0.15, 0.2) is 0 Å². The number of halogens is 2. The average Bonchev–Trinajstić information content (AvgIpc) is 1.96. The number of rotatable bonds is 2. The quantitative estimate of drug-likeness (QED) is 0.625. The van der Waals surface area contributed by atoms with Gasteiger partial charge in [0.25, 0.3) is 0 Å². The van der Waals surface area contributed by atoms with Crippen LogP contribution in [0.4, 0.5) is 8.78 Å². The molecule has 1 aliphatic rings. The molecule has 1 aliphatic carbocycles. The molecular weight excluding hydrogens is 162 g/mol. The fourth-order valence-electron chi connectivity index (χ4n) is 1.07. The first-order chi connectivity index (χ1) is 5.59. The minimum Gasteiger partial charge on any atom is -0.435 e. The molecule has 0 saturated heterocycles. The zero-order valence-corrected chi connectivity index (χ0v) is 7.13. The lowest BCUT2D eigenvalue weighted by Gasteiger charge is -2.18. The first-order valence-corrected chi connectivity index (χ1v) is 3.94. The minimum atomic E-state index is -2.72. The van der Waals surface area contributed by atoms with Gasteiger partial charge in [-0.15, -0.1) is 0 Å². The fraction of sp³-hybridized carbons (Fsp3) is 0.556. The third kappa shape index (κ3) is 2.32. The highest BCUT2D eigenvalue weighted by molar-refractivity contribution is 5.19. The molecular formula is C9H12F2O. The van der Waals surface area contributed by atoms with Crippen molar-refractivity contribution in [3.8, 4) is 0 Å². The van der Waals surface area contributed by atoms with Gasteiger partial charge in [-0.1, -0.05) is 19.9 Å². The molecule has 0 aliphatic heterocycles. The molecule has 0 unspecified atom stereocenters. The van der Waals surface area contributed by atoms with Gasteiger partial charge in [-0.3, -0.25) is 0 Å². The number of hydrogen-bond acceptors (Lipinski definition) is 1. The molecule has 1 rings (SSSR count). The highest BCUT2D eigenvalue weighted by Gasteiger charge is 2.14. The highest BCUT2D eigenvalue weighted by atomic mass is 19.3. The summed E-state index contributed by atoms with van der Waals surface area (Å²) in [6.07, 6.45) is 5.19. The van der Waals surface area contributed by atoms with E-state index in [4.69, 9.17) is 0 Å². The van der Waals surface area contributed by atoms with Crippen molar-refractivity contribution in [3.63, 3.8) is 0 Å². The third-order valence-electron chi connectivity index (χ3n) is 2.05. The Morgan fingerprint density at radius 2 is 2.00 bits per heavy atom. The van der Waals surface area contributed by atoms with E-state index in [0.717, 1.165) is 0 Å². The summed E-state index contributed by atoms with van der Waals surface area (Å²) in [6, 6.07) is 0. The number of ether oxygens (including phenoxy) is 1. The van der Waals surface area contributed by atoms with Gasteiger partial charge in [-0.2, -0.15) is 8.78 Å². The van der Waals surface area contributed by atoms with Crippen LogP contribution in [0, 0.1) is 11.8 Å². The van der Waals surface area contributed by atoms with Gasteiger partial charge in [0.05, 0.1) is 0 Å². The summed E-state index contributed by atoms with van der Waals surface area (Å²) in [5, 5.41) is 0. The zero-order chi connectivity index (χ0) is 9.14. The van der Waals surface area contributed by atoms with E-state index in [2.05, 4.69) is 4.74 Å². The highest BCUT2D eigenvalue weighted by Crippen LogP contribution is 2.23. The molecule has 2 atom stereocenters. The van der Waals surface area contributed by atoms with Gasteiger partial charge in [-0.25, -0.2) is 0 Å². The summed E-state index contributed by atoms with van der Waals surface area (Å²) in [5.74, 6) is 0.939. The smallest absolute Gasteiger partial charge is 0.387 e. The maximum Gasteiger partial charge on any atom is 0.387 e. The van der Waals surface area contributed by atoms with Crippen molar-refractivity contribution in [2.75, 3.05) is 0 Å². The summed E-state index contributed by atoms with van der Waals surface area (Å²) < 4.78 is 27.7. The summed E-state index contributed by atoms with van der Waals surface area (Å²) >= 11 is 0. The first kappa shape index (κ1) is 9.23. The minimum absolute atomic E-state index is 0.267. The van der Waals surface area contributed by atoms with Gasteiger partial charge in [-0.05, 0) is 24.0 Å². The standard InChI is InChI=1S/C9H12F2O/c1-6-3-4-8(5-7(6)2)12-9(10)11/h3-7,9H,1-2H3/t6-,7+/m0/s1. The maximum absolute atomic E-state index is 11.7. The average molecular weight is 174 g/mol. The third-order valence-corrected chi connectivity index (χ3v) is 2.05. The molecule has 0 bridgehead atoms. The van der Waals surface area contributed by atoms with Gasteiger partial charge in [0, 0.05) is 0 Å². The van der Waals surface area contributed by atoms with Crippen LogP contribution in [0.3, 0.4) is 0 Å². The topological polar surface area (TPSA) is 9.23 Å². The number of allylic oxidation sites excluding steroid dienone is 3. The van der Waals surface area contributed by atoms with Crippen molar-refractivity contribution >= 4 is 0 Å². The fourth-order valence-corrected chi connectivity index (χ4v) is 1.07. The van der Waals surface area contributed by atoms with Gasteiger partial charge in [0.1, 0.15) is 5.76 Å². The Hall–Kier alpha value is -0.860. The van der Waals surface area contributed by atoms with Crippen LogP contribution in [0.1, 0.15) is 13.8 Å². The van der Waals surface area contributed by atoms with E-state index in [0.29, 0.717) is 5.92 Å². The van der Waals surface area contributed by atoms with Crippen LogP contribution in [-0.2, 0) is 4.74 Å². The van der Waals surface area contributed by atoms with Crippen molar-refractivity contribution < 1.29 is 13.5 Å². The van der Waals surface area contributed by atoms with Crippen molar-refractivity contribution in [2.45, 2.75) is 20.5 Å². The lowest BCUT2D eigenvalue weighted by atomic mass is 9.91. The Kier molecular flexibility index (Phi) is 2.84. The van der Waals surface area contributed by atoms with E-state index in [9.17, 15) is 8.78 Å². The molecule has 0 amide bonds. The van der Waals surface area contributed by atoms with Gasteiger partial charge in [0.2, 0.25) is 0 Å². The summed E-state index contributed by atoms with van der Waals surface area (Å²) in [6.45, 7) is 1.29. The molecule has 68 valence electrons. The molecule has 0 N–H and O–H groups in total. The van der Waals surface area contributed by atoms with Crippen LogP contribution in [0.15, 0.2) is 24.0 Å². The second-order valence-electron chi connectivity index (χ2n) is 3.02. The zero-order valence-electron chi connectivity index (χ0n) is 7.13. The first-order valence-electron chi connectivity index (χ1n) is 3.94. The van der Waals surface area contributed by atoms with Crippen LogP contribution >= 0.6 is 0 Å². The Bertz CT molecular complexity index is 209. The lowest BCUT2D eigenvalue weighted by Crippen LogP contribution is -2.09. The van der Waals surface area contributed by atoms with Crippen LogP contribution in [0.25, 0.3) is 0 Å². The molecule has 0 radical (unpaired) electrons. The van der Waals surface area contributed by atoms with E-state index in [-0.39, 0.29) is 11.7 Å². The lowest BCUT2D eigenvalue weighted by molar-refractivity contribution is -0.0929. The van der Waals surface area contributed by atoms with Crippen LogP contribution in [0.2, 0.25) is 0 Å². The van der Waals surface area contributed by atoms with E-state index >= 15 is 0 Å². The van der Waals surface area contributed by atoms with Crippen molar-refractivity contribution in [1.82, 2.24) is 0 Å². The second kappa shape index (κ2) is 3.70. The van der Waals surface area contributed by atoms with Gasteiger partial charge >= 0.3 is 6.61 Å². The Morgan fingerprint density at radius 3 is 2.50 bits per heavy atom. The van der Waals surface area contributed by atoms with Crippen LogP contribution in [-0.4, -0.2) is 6.61 Å². The summed E-state index contributed by atoms with van der Waals surface area (Å²) in [5.41, 5.74) is 0. The Labute approximate surface area is 70.7 Å². The van der Waals surface area contributed by atoms with E-state index < -0.39 is 6.61 Å². The largest absolute Gasteiger partial charge is 0.435 e. The van der Waals surface area contributed by atoms with E-state index in [1.807, 2.05) is 19.9 Å². The maximum atomic E-state index is 11.7. The Morgan fingerprint density at radius 1 is 1.33 bits per heavy atom. The predicted molar refractivity (Wildman–Crippen MR) is 42.6 cm³/mol. The van der Waals surface area contributed by atoms with Crippen molar-refractivity contribution in [3.05, 3.63) is 24.0 Å². The normalized spacial score (nSPS) is 28.9. The molecule has 12 heavy (non-hydrogen) atoms. The molecule has 0 aromatic carbocycles. The molecule has 0 aromatic rings. The molecule has 0 saturated carbocycles. The predicted octanol–water partition coefficient (Wildman–Crippen LogP) is 2.95. The number of alkyl halides is 2. The molecule has 0 aromatic heterocycles. The summed E-state index contributed by atoms with van der Waals surface area (Å²) in [4.78, 5) is 0. The van der Waals surface area contributed by atoms with Gasteiger partial charge < -0.3 is 4.74 Å². The molecule has 0 spiro atoms. The van der Waals surface area contributed by atoms with E-state index in [1.165, 1.54) is 0 Å². The Balaban J connectivity index is 2.57. The second-order valence-corrected chi connectivity index (χ2v) is 3.02. The van der Waals surface area contributed by atoms with Crippen LogP contribution < -0.4 is 0 Å². The van der Waals surface area contributed by atoms with Crippen molar-refractivity contribution in [1.29, 1.82) is 0 Å². The monoisotopic (exact) mass is 174 g/mol. The number of hydrogen-bond donors (Lipinski definition) is 0. The summed E-state index contributed by atoms with van der Waals surface area (Å²) in [7, 11) is 0. The van der Waals surface area contributed by atoms with Crippen LogP contribution in [0.5, 0.6) is 0 Å². The van der Waals surface area contributed by atoms with Crippen molar-refractivity contribution in [2.24, 2.45) is 11.8 Å². The molecule has 1 nitrogen and oxygen atoms in total. The molecule has 0 heterocycles. The van der Waals surface area contributed by atoms with E-state index in [1.54, 1.807) is 12.2 Å².